The molecule has 10 heteroatoms. The van der Waals surface area contributed by atoms with E-state index in [1.807, 2.05) is 37.3 Å². The first-order valence-corrected chi connectivity index (χ1v) is 12.0. The van der Waals surface area contributed by atoms with E-state index >= 15 is 0 Å². The first-order chi connectivity index (χ1) is 15.4. The van der Waals surface area contributed by atoms with Crippen molar-refractivity contribution >= 4 is 38.5 Å². The first kappa shape index (κ1) is 20.9. The lowest BCUT2D eigenvalue weighted by molar-refractivity contribution is 0.384. The maximum atomic E-state index is 13.0. The summed E-state index contributed by atoms with van der Waals surface area (Å²) in [6.45, 7) is 3.75. The molecule has 3 heterocycles. The third-order valence-corrected chi connectivity index (χ3v) is 7.74. The molecule has 0 unspecified atom stereocenters. The Morgan fingerprint density at radius 1 is 0.969 bits per heavy atom. The molecule has 5 rings (SSSR count). The predicted octanol–water partition coefficient (Wildman–Crippen LogP) is 3.29. The number of fused-ring (bicyclic) bond motifs is 1. The fourth-order valence-corrected chi connectivity index (χ4v) is 5.49. The standard InChI is InChI=1S/C22H21ClN6O2S/c1-16-5-7-19(8-6-16)32(30,31)28-11-9-27(10-12-28)21-20-14-26-29(22(20)25-15-24-21)18-4-2-3-17(23)13-18/h2-8,13-15H,9-12H2,1H3. The van der Waals surface area contributed by atoms with Gasteiger partial charge in [-0.05, 0) is 37.3 Å². The van der Waals surface area contributed by atoms with Gasteiger partial charge in [-0.15, -0.1) is 0 Å². The normalized spacial score (nSPS) is 15.4. The third kappa shape index (κ3) is 3.72. The Balaban J connectivity index is 1.39. The lowest BCUT2D eigenvalue weighted by atomic mass is 10.2. The van der Waals surface area contributed by atoms with E-state index in [2.05, 4.69) is 20.0 Å². The van der Waals surface area contributed by atoms with Crippen LogP contribution in [0.3, 0.4) is 0 Å². The molecule has 1 saturated heterocycles. The van der Waals surface area contributed by atoms with Gasteiger partial charge in [-0.3, -0.25) is 0 Å². The molecule has 0 spiro atoms. The van der Waals surface area contributed by atoms with E-state index in [9.17, 15) is 8.42 Å². The van der Waals surface area contributed by atoms with Gasteiger partial charge >= 0.3 is 0 Å². The number of sulfonamides is 1. The van der Waals surface area contributed by atoms with Crippen LogP contribution >= 0.6 is 11.6 Å². The number of anilines is 1. The van der Waals surface area contributed by atoms with Gasteiger partial charge in [-0.2, -0.15) is 9.40 Å². The molecule has 1 fully saturated rings. The molecule has 0 bridgehead atoms. The zero-order valence-electron chi connectivity index (χ0n) is 17.4. The molecule has 0 N–H and O–H groups in total. The molecular weight excluding hydrogens is 448 g/mol. The molecule has 2 aromatic heterocycles. The average Bonchev–Trinajstić information content (AvgIpc) is 3.24. The Bertz CT molecular complexity index is 1380. The van der Waals surface area contributed by atoms with Gasteiger partial charge in [0, 0.05) is 31.2 Å². The van der Waals surface area contributed by atoms with Crippen LogP contribution in [0, 0.1) is 6.92 Å². The minimum absolute atomic E-state index is 0.323. The van der Waals surface area contributed by atoms with Crippen molar-refractivity contribution in [3.05, 3.63) is 71.6 Å². The van der Waals surface area contributed by atoms with Crippen LogP contribution in [-0.2, 0) is 10.0 Å². The van der Waals surface area contributed by atoms with Crippen molar-refractivity contribution in [2.75, 3.05) is 31.1 Å². The lowest BCUT2D eigenvalue weighted by Crippen LogP contribution is -2.49. The van der Waals surface area contributed by atoms with Crippen LogP contribution in [0.5, 0.6) is 0 Å². The number of aromatic nitrogens is 4. The van der Waals surface area contributed by atoms with E-state index < -0.39 is 10.0 Å². The van der Waals surface area contributed by atoms with Crippen molar-refractivity contribution < 1.29 is 8.42 Å². The second-order valence-corrected chi connectivity index (χ2v) is 10.0. The van der Waals surface area contributed by atoms with Crippen LogP contribution in [0.1, 0.15) is 5.56 Å². The third-order valence-electron chi connectivity index (χ3n) is 5.59. The second kappa shape index (κ2) is 8.16. The van der Waals surface area contributed by atoms with Crippen LogP contribution in [0.25, 0.3) is 16.7 Å². The van der Waals surface area contributed by atoms with E-state index in [0.29, 0.717) is 41.7 Å². The molecular formula is C22H21ClN6O2S. The summed E-state index contributed by atoms with van der Waals surface area (Å²) in [5.41, 5.74) is 2.51. The summed E-state index contributed by atoms with van der Waals surface area (Å²) in [4.78, 5) is 11.3. The molecule has 32 heavy (non-hydrogen) atoms. The Morgan fingerprint density at radius 2 is 1.72 bits per heavy atom. The molecule has 164 valence electrons. The average molecular weight is 469 g/mol. The molecule has 0 radical (unpaired) electrons. The SMILES string of the molecule is Cc1ccc(S(=O)(=O)N2CCN(c3ncnc4c3cnn4-c3cccc(Cl)c3)CC2)cc1. The van der Waals surface area contributed by atoms with E-state index in [0.717, 1.165) is 22.5 Å². The fraction of sp³-hybridized carbons (Fsp3) is 0.227. The molecule has 0 amide bonds. The highest BCUT2D eigenvalue weighted by atomic mass is 35.5. The number of nitrogens with zero attached hydrogens (tertiary/aromatic N) is 6. The van der Waals surface area contributed by atoms with Crippen LogP contribution in [-0.4, -0.2) is 58.7 Å². The quantitative estimate of drug-likeness (QED) is 0.457. The maximum absolute atomic E-state index is 13.0. The van der Waals surface area contributed by atoms with Crippen LogP contribution in [0.4, 0.5) is 5.82 Å². The van der Waals surface area contributed by atoms with E-state index in [1.54, 1.807) is 29.1 Å². The Labute approximate surface area is 191 Å². The molecule has 2 aromatic carbocycles. The summed E-state index contributed by atoms with van der Waals surface area (Å²) in [5.74, 6) is 0.746. The smallest absolute Gasteiger partial charge is 0.243 e. The lowest BCUT2D eigenvalue weighted by Gasteiger charge is -2.34. The van der Waals surface area contributed by atoms with Crippen LogP contribution < -0.4 is 4.90 Å². The summed E-state index contributed by atoms with van der Waals surface area (Å²) in [5, 5.41) is 5.91. The number of hydrogen-bond acceptors (Lipinski definition) is 6. The number of halogens is 1. The van der Waals surface area contributed by atoms with Gasteiger partial charge in [-0.1, -0.05) is 35.4 Å². The largest absolute Gasteiger partial charge is 0.353 e. The number of aryl methyl sites for hydroxylation is 1. The van der Waals surface area contributed by atoms with Crippen molar-refractivity contribution in [2.24, 2.45) is 0 Å². The van der Waals surface area contributed by atoms with Crippen molar-refractivity contribution in [1.29, 1.82) is 0 Å². The summed E-state index contributed by atoms with van der Waals surface area (Å²) in [6, 6.07) is 14.4. The van der Waals surface area contributed by atoms with Crippen LogP contribution in [0.2, 0.25) is 5.02 Å². The predicted molar refractivity (Wildman–Crippen MR) is 124 cm³/mol. The number of piperazine rings is 1. The molecule has 0 aliphatic carbocycles. The fourth-order valence-electron chi connectivity index (χ4n) is 3.88. The van der Waals surface area contributed by atoms with Gasteiger partial charge < -0.3 is 4.90 Å². The number of hydrogen-bond donors (Lipinski definition) is 0. The molecule has 0 saturated carbocycles. The Morgan fingerprint density at radius 3 is 2.44 bits per heavy atom. The zero-order chi connectivity index (χ0) is 22.3. The van der Waals surface area contributed by atoms with Gasteiger partial charge in [0.15, 0.2) is 5.65 Å². The minimum atomic E-state index is -3.52. The maximum Gasteiger partial charge on any atom is 0.243 e. The molecule has 1 aliphatic rings. The first-order valence-electron chi connectivity index (χ1n) is 10.2. The summed E-state index contributed by atoms with van der Waals surface area (Å²) in [6.07, 6.45) is 3.25. The van der Waals surface area contributed by atoms with Gasteiger partial charge in [0.25, 0.3) is 0 Å². The summed E-state index contributed by atoms with van der Waals surface area (Å²) < 4.78 is 29.3. The van der Waals surface area contributed by atoms with Crippen molar-refractivity contribution in [2.45, 2.75) is 11.8 Å². The molecule has 8 nitrogen and oxygen atoms in total. The minimum Gasteiger partial charge on any atom is -0.353 e. The highest BCUT2D eigenvalue weighted by Crippen LogP contribution is 2.27. The van der Waals surface area contributed by atoms with Gasteiger partial charge in [0.2, 0.25) is 10.0 Å². The summed E-state index contributed by atoms with van der Waals surface area (Å²) in [7, 11) is -3.52. The van der Waals surface area contributed by atoms with Crippen molar-refractivity contribution in [3.8, 4) is 5.69 Å². The Kier molecular flexibility index (Phi) is 5.32. The van der Waals surface area contributed by atoms with Gasteiger partial charge in [0.05, 0.1) is 22.2 Å². The van der Waals surface area contributed by atoms with Gasteiger partial charge in [-0.25, -0.2) is 23.1 Å². The highest BCUT2D eigenvalue weighted by Gasteiger charge is 2.29. The van der Waals surface area contributed by atoms with E-state index in [-0.39, 0.29) is 0 Å². The summed E-state index contributed by atoms with van der Waals surface area (Å²) >= 11 is 6.13. The van der Waals surface area contributed by atoms with E-state index in [4.69, 9.17) is 11.6 Å². The van der Waals surface area contributed by atoms with Gasteiger partial charge in [0.1, 0.15) is 12.1 Å². The molecule has 0 atom stereocenters. The number of benzene rings is 2. The zero-order valence-corrected chi connectivity index (χ0v) is 19.0. The van der Waals surface area contributed by atoms with Crippen LogP contribution in [0.15, 0.2) is 66.0 Å². The van der Waals surface area contributed by atoms with E-state index in [1.165, 1.54) is 10.6 Å². The Hall–Kier alpha value is -3.01. The monoisotopic (exact) mass is 468 g/mol. The van der Waals surface area contributed by atoms with Crippen molar-refractivity contribution in [3.63, 3.8) is 0 Å². The topological polar surface area (TPSA) is 84.2 Å². The number of rotatable bonds is 4. The van der Waals surface area contributed by atoms with Crippen molar-refractivity contribution in [1.82, 2.24) is 24.1 Å². The second-order valence-electron chi connectivity index (χ2n) is 7.67. The molecule has 1 aliphatic heterocycles. The molecule has 4 aromatic rings. The highest BCUT2D eigenvalue weighted by molar-refractivity contribution is 7.89.